The Hall–Kier alpha value is -0.780. The van der Waals surface area contributed by atoms with Gasteiger partial charge in [0.1, 0.15) is 0 Å². The van der Waals surface area contributed by atoms with Gasteiger partial charge in [0, 0.05) is 17.7 Å². The molecule has 1 heterocycles. The Bertz CT molecular complexity index is 233. The Morgan fingerprint density at radius 1 is 1.73 bits per heavy atom. The summed E-state index contributed by atoms with van der Waals surface area (Å²) in [5, 5.41) is 11.3. The van der Waals surface area contributed by atoms with Crippen molar-refractivity contribution in [3.63, 3.8) is 0 Å². The Morgan fingerprint density at radius 3 is 3.09 bits per heavy atom. The molecule has 0 saturated carbocycles. The molecule has 1 atom stereocenters. The molecule has 1 N–H and O–H groups in total. The van der Waals surface area contributed by atoms with Crippen molar-refractivity contribution in [2.45, 2.75) is 18.9 Å². The van der Waals surface area contributed by atoms with Crippen LogP contribution in [0.5, 0.6) is 0 Å². The first kappa shape index (κ1) is 8.32. The molecule has 0 radical (unpaired) electrons. The Kier molecular flexibility index (Phi) is 3.15. The van der Waals surface area contributed by atoms with Crippen LogP contribution in [0, 0.1) is 12.3 Å². The predicted octanol–water partition coefficient (Wildman–Crippen LogP) is 1.67. The molecule has 11 heavy (non-hydrogen) atoms. The van der Waals surface area contributed by atoms with E-state index >= 15 is 0 Å². The van der Waals surface area contributed by atoms with Crippen LogP contribution in [0.1, 0.15) is 11.3 Å². The molecule has 1 unspecified atom stereocenters. The maximum Gasteiger partial charge on any atom is 0.0697 e. The summed E-state index contributed by atoms with van der Waals surface area (Å²) in [5.74, 6) is 2.43. The lowest BCUT2D eigenvalue weighted by molar-refractivity contribution is 0.181. The van der Waals surface area contributed by atoms with Crippen LogP contribution in [0.4, 0.5) is 0 Å². The summed E-state index contributed by atoms with van der Waals surface area (Å²) in [6.45, 7) is 0. The highest BCUT2D eigenvalue weighted by Crippen LogP contribution is 2.11. The normalized spacial score (nSPS) is 12.4. The largest absolute Gasteiger partial charge is 0.392 e. The van der Waals surface area contributed by atoms with Crippen molar-refractivity contribution in [2.75, 3.05) is 0 Å². The molecule has 2 heteroatoms. The van der Waals surface area contributed by atoms with Crippen LogP contribution in [-0.2, 0) is 6.42 Å². The Morgan fingerprint density at radius 2 is 2.55 bits per heavy atom. The van der Waals surface area contributed by atoms with Gasteiger partial charge in [-0.2, -0.15) is 0 Å². The summed E-state index contributed by atoms with van der Waals surface area (Å²) in [6.07, 6.45) is 5.80. The third-order valence-electron chi connectivity index (χ3n) is 1.37. The second-order valence-corrected chi connectivity index (χ2v) is 3.38. The van der Waals surface area contributed by atoms with Gasteiger partial charge in [-0.1, -0.05) is 6.07 Å². The minimum Gasteiger partial charge on any atom is -0.392 e. The summed E-state index contributed by atoms with van der Waals surface area (Å²) >= 11 is 1.65. The van der Waals surface area contributed by atoms with Gasteiger partial charge in [0.2, 0.25) is 0 Å². The molecule has 0 aliphatic heterocycles. The van der Waals surface area contributed by atoms with E-state index in [1.54, 1.807) is 11.3 Å². The third-order valence-corrected chi connectivity index (χ3v) is 2.27. The first-order valence-electron chi connectivity index (χ1n) is 3.47. The Balaban J connectivity index is 2.38. The zero-order valence-corrected chi connectivity index (χ0v) is 6.97. The molecular formula is C9H10OS. The number of hydrogen-bond acceptors (Lipinski definition) is 2. The van der Waals surface area contributed by atoms with Gasteiger partial charge in [0.05, 0.1) is 6.10 Å². The second-order valence-electron chi connectivity index (χ2n) is 2.35. The van der Waals surface area contributed by atoms with Gasteiger partial charge in [0.15, 0.2) is 0 Å². The van der Waals surface area contributed by atoms with E-state index < -0.39 is 0 Å². The average Bonchev–Trinajstić information content (AvgIpc) is 2.40. The van der Waals surface area contributed by atoms with E-state index in [4.69, 9.17) is 6.42 Å². The predicted molar refractivity (Wildman–Crippen MR) is 47.5 cm³/mol. The van der Waals surface area contributed by atoms with Crippen LogP contribution in [0.15, 0.2) is 17.5 Å². The molecule has 0 bridgehead atoms. The van der Waals surface area contributed by atoms with Crippen LogP contribution in [0.3, 0.4) is 0 Å². The van der Waals surface area contributed by atoms with Gasteiger partial charge >= 0.3 is 0 Å². The number of rotatable bonds is 3. The monoisotopic (exact) mass is 166 g/mol. The van der Waals surface area contributed by atoms with Crippen molar-refractivity contribution in [1.82, 2.24) is 0 Å². The topological polar surface area (TPSA) is 20.2 Å². The Labute approximate surface area is 70.7 Å². The molecule has 0 saturated heterocycles. The third kappa shape index (κ3) is 2.75. The molecule has 0 aromatic carbocycles. The molecule has 1 nitrogen and oxygen atoms in total. The fourth-order valence-corrected chi connectivity index (χ4v) is 1.65. The molecular weight excluding hydrogens is 156 g/mol. The molecule has 0 aliphatic carbocycles. The van der Waals surface area contributed by atoms with Gasteiger partial charge in [-0.05, 0) is 11.4 Å². The van der Waals surface area contributed by atoms with Gasteiger partial charge in [-0.25, -0.2) is 0 Å². The van der Waals surface area contributed by atoms with Crippen molar-refractivity contribution >= 4 is 11.3 Å². The summed E-state index contributed by atoms with van der Waals surface area (Å²) < 4.78 is 0. The molecule has 58 valence electrons. The molecule has 1 aromatic heterocycles. The van der Waals surface area contributed by atoms with E-state index in [1.165, 1.54) is 4.88 Å². The highest BCUT2D eigenvalue weighted by Gasteiger charge is 2.03. The van der Waals surface area contributed by atoms with Crippen molar-refractivity contribution in [3.8, 4) is 12.3 Å². The molecule has 0 amide bonds. The molecule has 1 aromatic rings. The van der Waals surface area contributed by atoms with E-state index in [9.17, 15) is 5.11 Å². The summed E-state index contributed by atoms with van der Waals surface area (Å²) in [4.78, 5) is 1.19. The summed E-state index contributed by atoms with van der Waals surface area (Å²) in [7, 11) is 0. The lowest BCUT2D eigenvalue weighted by Crippen LogP contribution is -2.07. The lowest BCUT2D eigenvalue weighted by atomic mass is 10.2. The highest BCUT2D eigenvalue weighted by molar-refractivity contribution is 7.09. The zero-order chi connectivity index (χ0) is 8.10. The van der Waals surface area contributed by atoms with Crippen LogP contribution in [-0.4, -0.2) is 11.2 Å². The number of hydrogen-bond donors (Lipinski definition) is 1. The van der Waals surface area contributed by atoms with Crippen molar-refractivity contribution < 1.29 is 5.11 Å². The minimum absolute atomic E-state index is 0.376. The van der Waals surface area contributed by atoms with E-state index in [0.29, 0.717) is 12.8 Å². The van der Waals surface area contributed by atoms with Crippen molar-refractivity contribution in [2.24, 2.45) is 0 Å². The van der Waals surface area contributed by atoms with Gasteiger partial charge < -0.3 is 5.11 Å². The summed E-state index contributed by atoms with van der Waals surface area (Å²) in [5.41, 5.74) is 0. The maximum absolute atomic E-state index is 9.29. The summed E-state index contributed by atoms with van der Waals surface area (Å²) in [6, 6.07) is 3.98. The minimum atomic E-state index is -0.376. The average molecular weight is 166 g/mol. The van der Waals surface area contributed by atoms with Gasteiger partial charge in [-0.15, -0.1) is 23.7 Å². The van der Waals surface area contributed by atoms with Crippen LogP contribution in [0.2, 0.25) is 0 Å². The van der Waals surface area contributed by atoms with E-state index in [1.807, 2.05) is 17.5 Å². The van der Waals surface area contributed by atoms with Crippen LogP contribution < -0.4 is 0 Å². The molecule has 0 fully saturated rings. The van der Waals surface area contributed by atoms with Gasteiger partial charge in [0.25, 0.3) is 0 Å². The van der Waals surface area contributed by atoms with Gasteiger partial charge in [-0.3, -0.25) is 0 Å². The smallest absolute Gasteiger partial charge is 0.0697 e. The lowest BCUT2D eigenvalue weighted by Gasteiger charge is -2.02. The molecule has 0 aliphatic rings. The van der Waals surface area contributed by atoms with Crippen LogP contribution >= 0.6 is 11.3 Å². The standard InChI is InChI=1S/C9H10OS/c1-2-4-8(10)7-9-5-3-6-11-9/h1,3,5-6,8,10H,4,7H2. The SMILES string of the molecule is C#CCC(O)Cc1cccs1. The molecule has 0 spiro atoms. The second kappa shape index (κ2) is 4.17. The number of terminal acetylenes is 1. The number of aliphatic hydroxyl groups is 1. The van der Waals surface area contributed by atoms with Crippen LogP contribution in [0.25, 0.3) is 0 Å². The highest BCUT2D eigenvalue weighted by atomic mass is 32.1. The van der Waals surface area contributed by atoms with E-state index in [0.717, 1.165) is 0 Å². The van der Waals surface area contributed by atoms with E-state index in [2.05, 4.69) is 5.92 Å². The molecule has 1 rings (SSSR count). The van der Waals surface area contributed by atoms with Crippen molar-refractivity contribution in [3.05, 3.63) is 22.4 Å². The van der Waals surface area contributed by atoms with E-state index in [-0.39, 0.29) is 6.10 Å². The zero-order valence-electron chi connectivity index (χ0n) is 6.16. The number of thiophene rings is 1. The first-order chi connectivity index (χ1) is 5.33. The fourth-order valence-electron chi connectivity index (χ4n) is 0.869. The fraction of sp³-hybridized carbons (Fsp3) is 0.333. The quantitative estimate of drug-likeness (QED) is 0.677. The first-order valence-corrected chi connectivity index (χ1v) is 4.35. The van der Waals surface area contributed by atoms with Crippen molar-refractivity contribution in [1.29, 1.82) is 0 Å². The maximum atomic E-state index is 9.29. The number of aliphatic hydroxyl groups excluding tert-OH is 1.